The van der Waals surface area contributed by atoms with Crippen LogP contribution in [0.15, 0.2) is 47.2 Å². The van der Waals surface area contributed by atoms with Gasteiger partial charge in [-0.05, 0) is 43.2 Å². The molecule has 0 atom stereocenters. The zero-order valence-electron chi connectivity index (χ0n) is 18.4. The highest BCUT2D eigenvalue weighted by molar-refractivity contribution is 5.96. The van der Waals surface area contributed by atoms with Crippen LogP contribution in [0.4, 0.5) is 0 Å². The van der Waals surface area contributed by atoms with Crippen molar-refractivity contribution in [2.24, 2.45) is 5.92 Å². The first-order valence-electron chi connectivity index (χ1n) is 10.4. The molecule has 1 aromatic carbocycles. The van der Waals surface area contributed by atoms with Crippen LogP contribution in [0.3, 0.4) is 0 Å². The molecule has 0 amide bonds. The van der Waals surface area contributed by atoms with E-state index in [-0.39, 0.29) is 12.2 Å². The van der Waals surface area contributed by atoms with Crippen LogP contribution >= 0.6 is 0 Å². The van der Waals surface area contributed by atoms with Gasteiger partial charge < -0.3 is 18.6 Å². The summed E-state index contributed by atoms with van der Waals surface area (Å²) >= 11 is 0. The van der Waals surface area contributed by atoms with Gasteiger partial charge in [0.15, 0.2) is 17.3 Å². The molecule has 0 bridgehead atoms. The molecule has 0 N–H and O–H groups in total. The van der Waals surface area contributed by atoms with Crippen LogP contribution in [0.25, 0.3) is 11.5 Å². The Kier molecular flexibility index (Phi) is 7.65. The molecule has 0 fully saturated rings. The highest BCUT2D eigenvalue weighted by Crippen LogP contribution is 2.32. The highest BCUT2D eigenvalue weighted by atomic mass is 16.5. The number of rotatable bonds is 11. The van der Waals surface area contributed by atoms with Crippen molar-refractivity contribution in [1.29, 1.82) is 0 Å². The first kappa shape index (κ1) is 22.3. The third kappa shape index (κ3) is 5.84. The van der Waals surface area contributed by atoms with E-state index in [0.29, 0.717) is 60.1 Å². The lowest BCUT2D eigenvalue weighted by atomic mass is 10.1. The fourth-order valence-electron chi connectivity index (χ4n) is 2.97. The quantitative estimate of drug-likeness (QED) is 0.401. The highest BCUT2D eigenvalue weighted by Gasteiger charge is 2.16. The second-order valence-corrected chi connectivity index (χ2v) is 7.42. The van der Waals surface area contributed by atoms with Crippen molar-refractivity contribution in [2.45, 2.75) is 33.6 Å². The number of methoxy groups -OCH3 is 1. The fraction of sp³-hybridized carbons (Fsp3) is 0.375. The third-order valence-electron chi connectivity index (χ3n) is 4.48. The molecule has 0 saturated heterocycles. The summed E-state index contributed by atoms with van der Waals surface area (Å²) in [6, 6.07) is 9.04. The average molecular weight is 424 g/mol. The Balaban J connectivity index is 1.69. The van der Waals surface area contributed by atoms with Crippen LogP contribution < -0.4 is 14.2 Å². The van der Waals surface area contributed by atoms with Gasteiger partial charge >= 0.3 is 0 Å². The molecule has 164 valence electrons. The lowest BCUT2D eigenvalue weighted by Gasteiger charge is -2.13. The van der Waals surface area contributed by atoms with Gasteiger partial charge in [0.25, 0.3) is 0 Å². The Hall–Kier alpha value is -3.35. The predicted octanol–water partition coefficient (Wildman–Crippen LogP) is 4.99. The normalized spacial score (nSPS) is 10.9. The number of ketones is 1. The topological polar surface area (TPSA) is 83.7 Å². The summed E-state index contributed by atoms with van der Waals surface area (Å²) in [4.78, 5) is 21.3. The minimum absolute atomic E-state index is 0.0950. The molecule has 0 aliphatic heterocycles. The van der Waals surface area contributed by atoms with Crippen molar-refractivity contribution in [3.8, 4) is 28.7 Å². The van der Waals surface area contributed by atoms with Gasteiger partial charge in [-0.25, -0.2) is 9.97 Å². The minimum Gasteiger partial charge on any atom is -0.493 e. The Labute approximate surface area is 182 Å². The molecule has 0 aliphatic rings. The number of benzene rings is 1. The number of ether oxygens (including phenoxy) is 3. The Morgan fingerprint density at radius 3 is 2.71 bits per heavy atom. The molecule has 3 rings (SSSR count). The van der Waals surface area contributed by atoms with Crippen molar-refractivity contribution in [3.63, 3.8) is 0 Å². The minimum atomic E-state index is -0.0950. The second kappa shape index (κ2) is 10.6. The number of carbonyl (C=O) groups excluding carboxylic acids is 1. The van der Waals surface area contributed by atoms with Crippen LogP contribution in [0.2, 0.25) is 0 Å². The maximum absolute atomic E-state index is 12.6. The van der Waals surface area contributed by atoms with Crippen LogP contribution in [0, 0.1) is 5.92 Å². The molecule has 0 spiro atoms. The van der Waals surface area contributed by atoms with E-state index in [1.54, 1.807) is 31.7 Å². The number of aromatic nitrogens is 2. The van der Waals surface area contributed by atoms with Crippen molar-refractivity contribution in [1.82, 2.24) is 9.97 Å². The molecule has 31 heavy (non-hydrogen) atoms. The molecule has 7 heteroatoms. The molecule has 2 heterocycles. The summed E-state index contributed by atoms with van der Waals surface area (Å²) in [5.41, 5.74) is 1.81. The van der Waals surface area contributed by atoms with Crippen LogP contribution in [0.1, 0.15) is 43.4 Å². The summed E-state index contributed by atoms with van der Waals surface area (Å²) in [5.74, 6) is 2.56. The Morgan fingerprint density at radius 2 is 1.97 bits per heavy atom. The third-order valence-corrected chi connectivity index (χ3v) is 4.48. The lowest BCUT2D eigenvalue weighted by molar-refractivity contribution is 0.0973. The van der Waals surface area contributed by atoms with Crippen molar-refractivity contribution >= 4 is 5.78 Å². The first-order chi connectivity index (χ1) is 15.0. The number of aryl methyl sites for hydroxylation is 1. The van der Waals surface area contributed by atoms with E-state index in [4.69, 9.17) is 18.6 Å². The van der Waals surface area contributed by atoms with Gasteiger partial charge in [0, 0.05) is 24.6 Å². The maximum Gasteiger partial charge on any atom is 0.226 e. The number of carbonyl (C=O) groups is 1. The van der Waals surface area contributed by atoms with Crippen LogP contribution in [0.5, 0.6) is 17.2 Å². The van der Waals surface area contributed by atoms with Gasteiger partial charge in [-0.2, -0.15) is 0 Å². The van der Waals surface area contributed by atoms with Crippen molar-refractivity contribution < 1.29 is 23.4 Å². The number of hydrogen-bond acceptors (Lipinski definition) is 7. The number of Topliss-reactive ketones (excluding diaryl/α,β-unsaturated/α-hetero) is 1. The zero-order valence-corrected chi connectivity index (χ0v) is 18.4. The van der Waals surface area contributed by atoms with Gasteiger partial charge in [-0.15, -0.1) is 0 Å². The molecule has 0 aliphatic carbocycles. The Bertz CT molecular complexity index is 1010. The van der Waals surface area contributed by atoms with Gasteiger partial charge in [0.2, 0.25) is 5.89 Å². The number of oxazole rings is 1. The molecular formula is C24H28N2O5. The smallest absolute Gasteiger partial charge is 0.226 e. The van der Waals surface area contributed by atoms with E-state index in [0.717, 1.165) is 5.56 Å². The molecule has 0 saturated carbocycles. The van der Waals surface area contributed by atoms with Gasteiger partial charge in [-0.1, -0.05) is 13.8 Å². The predicted molar refractivity (Wildman–Crippen MR) is 117 cm³/mol. The van der Waals surface area contributed by atoms with E-state index in [1.807, 2.05) is 25.1 Å². The standard InChI is InChI=1S/C24H28N2O5/c1-5-29-21-7-6-12-25-23(21)19(27)10-9-18-15-31-24(26-18)17-8-11-20(28-4)22(13-17)30-14-16(2)3/h6-8,11-13,15-16H,5,9-10,14H2,1-4H3. The molecule has 0 unspecified atom stereocenters. The molecule has 3 aromatic rings. The van der Waals surface area contributed by atoms with Crippen molar-refractivity contribution in [2.75, 3.05) is 20.3 Å². The van der Waals surface area contributed by atoms with Gasteiger partial charge in [-0.3, -0.25) is 4.79 Å². The van der Waals surface area contributed by atoms with Crippen LogP contribution in [-0.4, -0.2) is 36.1 Å². The Morgan fingerprint density at radius 1 is 1.13 bits per heavy atom. The van der Waals surface area contributed by atoms with Gasteiger partial charge in [0.1, 0.15) is 17.7 Å². The van der Waals surface area contributed by atoms with E-state index in [1.165, 1.54) is 0 Å². The molecular weight excluding hydrogens is 396 g/mol. The SMILES string of the molecule is CCOc1cccnc1C(=O)CCc1coc(-c2ccc(OC)c(OCC(C)C)c2)n1. The summed E-state index contributed by atoms with van der Waals surface area (Å²) in [5, 5.41) is 0. The number of hydrogen-bond donors (Lipinski definition) is 0. The first-order valence-corrected chi connectivity index (χ1v) is 10.4. The number of nitrogens with zero attached hydrogens (tertiary/aromatic N) is 2. The summed E-state index contributed by atoms with van der Waals surface area (Å²) < 4.78 is 22.4. The van der Waals surface area contributed by atoms with Crippen LogP contribution in [-0.2, 0) is 6.42 Å². The fourth-order valence-corrected chi connectivity index (χ4v) is 2.97. The van der Waals surface area contributed by atoms with Gasteiger partial charge in [0.05, 0.1) is 26.0 Å². The monoisotopic (exact) mass is 424 g/mol. The number of pyridine rings is 1. The second-order valence-electron chi connectivity index (χ2n) is 7.42. The summed E-state index contributed by atoms with van der Waals surface area (Å²) in [7, 11) is 1.61. The lowest BCUT2D eigenvalue weighted by Crippen LogP contribution is -2.07. The molecule has 2 aromatic heterocycles. The van der Waals surface area contributed by atoms with E-state index >= 15 is 0 Å². The van der Waals surface area contributed by atoms with E-state index < -0.39 is 0 Å². The van der Waals surface area contributed by atoms with E-state index in [2.05, 4.69) is 23.8 Å². The molecule has 7 nitrogen and oxygen atoms in total. The average Bonchev–Trinajstić information content (AvgIpc) is 3.25. The molecule has 0 radical (unpaired) electrons. The zero-order chi connectivity index (χ0) is 22.2. The summed E-state index contributed by atoms with van der Waals surface area (Å²) in [6.45, 7) is 7.09. The maximum atomic E-state index is 12.6. The largest absolute Gasteiger partial charge is 0.493 e. The van der Waals surface area contributed by atoms with E-state index in [9.17, 15) is 4.79 Å². The van der Waals surface area contributed by atoms with Crippen molar-refractivity contribution in [3.05, 3.63) is 54.2 Å². The summed E-state index contributed by atoms with van der Waals surface area (Å²) in [6.07, 6.45) is 3.86.